The van der Waals surface area contributed by atoms with Gasteiger partial charge in [-0.05, 0) is 6.92 Å². The number of hydrogen-bond acceptors (Lipinski definition) is 4. The van der Waals surface area contributed by atoms with Gasteiger partial charge in [-0.25, -0.2) is 4.79 Å². The SMILES string of the molecule is C=C[C@H]1[C@H]2OC(=O)[C@]1(O)C(=O)N[C@H]2C. The Bertz CT molecular complexity index is 327. The van der Waals surface area contributed by atoms with Crippen LogP contribution >= 0.6 is 0 Å². The number of esters is 1. The van der Waals surface area contributed by atoms with Crippen molar-refractivity contribution in [1.82, 2.24) is 5.32 Å². The van der Waals surface area contributed by atoms with Gasteiger partial charge in [-0.3, -0.25) is 4.79 Å². The molecule has 2 aliphatic rings. The predicted octanol–water partition coefficient (Wildman–Crippen LogP) is -1.04. The minimum atomic E-state index is -2.07. The van der Waals surface area contributed by atoms with Gasteiger partial charge in [-0.2, -0.15) is 0 Å². The highest BCUT2D eigenvalue weighted by atomic mass is 16.6. The van der Waals surface area contributed by atoms with E-state index in [0.29, 0.717) is 0 Å². The van der Waals surface area contributed by atoms with Crippen LogP contribution in [0.4, 0.5) is 0 Å². The number of carbonyl (C=O) groups is 2. The van der Waals surface area contributed by atoms with Crippen molar-refractivity contribution >= 4 is 11.9 Å². The number of nitrogens with one attached hydrogen (secondary N) is 1. The molecule has 0 aromatic heterocycles. The van der Waals surface area contributed by atoms with E-state index in [4.69, 9.17) is 4.74 Å². The lowest BCUT2D eigenvalue weighted by Crippen LogP contribution is -2.62. The Hall–Kier alpha value is -1.36. The predicted molar refractivity (Wildman–Crippen MR) is 46.1 cm³/mol. The maximum absolute atomic E-state index is 11.5. The molecule has 2 rings (SSSR count). The van der Waals surface area contributed by atoms with Crippen molar-refractivity contribution in [3.63, 3.8) is 0 Å². The summed E-state index contributed by atoms with van der Waals surface area (Å²) in [5, 5.41) is 12.4. The lowest BCUT2D eigenvalue weighted by Gasteiger charge is -2.33. The first kappa shape index (κ1) is 9.21. The molecule has 0 radical (unpaired) electrons. The fourth-order valence-electron chi connectivity index (χ4n) is 2.02. The molecule has 2 bridgehead atoms. The van der Waals surface area contributed by atoms with Crippen molar-refractivity contribution < 1.29 is 19.4 Å². The molecule has 0 aromatic rings. The number of rotatable bonds is 1. The summed E-state index contributed by atoms with van der Waals surface area (Å²) in [5.41, 5.74) is -2.07. The lowest BCUT2D eigenvalue weighted by atomic mass is 9.79. The van der Waals surface area contributed by atoms with Gasteiger partial charge < -0.3 is 15.2 Å². The zero-order chi connectivity index (χ0) is 10.5. The van der Waals surface area contributed by atoms with Crippen LogP contribution in [0.1, 0.15) is 6.92 Å². The van der Waals surface area contributed by atoms with Crippen molar-refractivity contribution in [3.8, 4) is 0 Å². The van der Waals surface area contributed by atoms with E-state index in [1.54, 1.807) is 6.92 Å². The first-order valence-corrected chi connectivity index (χ1v) is 4.38. The third-order valence-electron chi connectivity index (χ3n) is 2.84. The summed E-state index contributed by atoms with van der Waals surface area (Å²) < 4.78 is 4.93. The molecule has 2 N–H and O–H groups in total. The van der Waals surface area contributed by atoms with Gasteiger partial charge in [-0.1, -0.05) is 6.08 Å². The second kappa shape index (κ2) is 2.57. The quantitative estimate of drug-likeness (QED) is 0.320. The molecule has 0 spiro atoms. The number of ether oxygens (including phenoxy) is 1. The second-order valence-corrected chi connectivity index (χ2v) is 3.66. The van der Waals surface area contributed by atoms with E-state index in [-0.39, 0.29) is 6.04 Å². The van der Waals surface area contributed by atoms with Gasteiger partial charge in [0.05, 0.1) is 12.0 Å². The number of carbonyl (C=O) groups excluding carboxylic acids is 2. The van der Waals surface area contributed by atoms with Crippen molar-refractivity contribution in [1.29, 1.82) is 0 Å². The standard InChI is InChI=1S/C9H11NO4/c1-3-5-6-4(2)10-7(11)9(5,13)8(12)14-6/h3-6,13H,1H2,2H3,(H,10,11)/t4-,5-,6-,9+/m0/s1. The Morgan fingerprint density at radius 2 is 2.29 bits per heavy atom. The first-order chi connectivity index (χ1) is 6.51. The summed E-state index contributed by atoms with van der Waals surface area (Å²) in [6, 6.07) is -0.294. The molecular formula is C9H11NO4. The third kappa shape index (κ3) is 0.824. The molecule has 5 heteroatoms. The summed E-state index contributed by atoms with van der Waals surface area (Å²) in [6.07, 6.45) is 0.882. The molecule has 14 heavy (non-hydrogen) atoms. The van der Waals surface area contributed by atoms with Crippen LogP contribution in [0.15, 0.2) is 12.7 Å². The number of amides is 1. The molecule has 1 amide bonds. The lowest BCUT2D eigenvalue weighted by molar-refractivity contribution is -0.160. The molecule has 2 heterocycles. The van der Waals surface area contributed by atoms with Gasteiger partial charge in [0.2, 0.25) is 0 Å². The average molecular weight is 197 g/mol. The van der Waals surface area contributed by atoms with Crippen LogP contribution in [-0.4, -0.2) is 34.7 Å². The van der Waals surface area contributed by atoms with E-state index >= 15 is 0 Å². The van der Waals surface area contributed by atoms with E-state index in [9.17, 15) is 14.7 Å². The topological polar surface area (TPSA) is 75.6 Å². The normalized spacial score (nSPS) is 45.7. The number of hydrogen-bond donors (Lipinski definition) is 2. The molecule has 5 nitrogen and oxygen atoms in total. The fourth-order valence-corrected chi connectivity index (χ4v) is 2.02. The van der Waals surface area contributed by atoms with E-state index in [0.717, 1.165) is 0 Å². The number of piperidine rings is 1. The van der Waals surface area contributed by atoms with Crippen molar-refractivity contribution in [2.45, 2.75) is 24.7 Å². The van der Waals surface area contributed by atoms with E-state index in [2.05, 4.69) is 11.9 Å². The van der Waals surface area contributed by atoms with Crippen LogP contribution in [-0.2, 0) is 14.3 Å². The maximum Gasteiger partial charge on any atom is 0.349 e. The molecule has 4 atom stereocenters. The second-order valence-electron chi connectivity index (χ2n) is 3.66. The first-order valence-electron chi connectivity index (χ1n) is 4.38. The molecular weight excluding hydrogens is 186 g/mol. The highest BCUT2D eigenvalue weighted by Gasteiger charge is 2.65. The van der Waals surface area contributed by atoms with E-state index < -0.39 is 29.5 Å². The van der Waals surface area contributed by atoms with Crippen molar-refractivity contribution in [2.24, 2.45) is 5.92 Å². The molecule has 0 aromatic carbocycles. The molecule has 2 aliphatic heterocycles. The van der Waals surface area contributed by atoms with Crippen LogP contribution in [0.25, 0.3) is 0 Å². The monoisotopic (exact) mass is 197 g/mol. The van der Waals surface area contributed by atoms with Gasteiger partial charge in [0.1, 0.15) is 6.10 Å². The number of fused-ring (bicyclic) bond motifs is 2. The Kier molecular flexibility index (Phi) is 1.69. The van der Waals surface area contributed by atoms with Crippen LogP contribution in [0, 0.1) is 5.92 Å². The van der Waals surface area contributed by atoms with E-state index in [1.807, 2.05) is 0 Å². The van der Waals surface area contributed by atoms with Crippen LogP contribution in [0.5, 0.6) is 0 Å². The van der Waals surface area contributed by atoms with Crippen molar-refractivity contribution in [3.05, 3.63) is 12.7 Å². The summed E-state index contributed by atoms with van der Waals surface area (Å²) in [6.45, 7) is 5.22. The Morgan fingerprint density at radius 3 is 2.86 bits per heavy atom. The van der Waals surface area contributed by atoms with Gasteiger partial charge in [0, 0.05) is 0 Å². The minimum Gasteiger partial charge on any atom is -0.457 e. The highest BCUT2D eigenvalue weighted by Crippen LogP contribution is 2.38. The molecule has 0 unspecified atom stereocenters. The third-order valence-corrected chi connectivity index (χ3v) is 2.84. The Balaban J connectivity index is 2.50. The van der Waals surface area contributed by atoms with Gasteiger partial charge in [0.25, 0.3) is 11.5 Å². The molecule has 0 aliphatic carbocycles. The Labute approximate surface area is 80.7 Å². The summed E-state index contributed by atoms with van der Waals surface area (Å²) in [7, 11) is 0. The minimum absolute atomic E-state index is 0.294. The molecule has 2 saturated heterocycles. The fraction of sp³-hybridized carbons (Fsp3) is 0.556. The summed E-state index contributed by atoms with van der Waals surface area (Å²) >= 11 is 0. The van der Waals surface area contributed by atoms with Crippen LogP contribution in [0.2, 0.25) is 0 Å². The smallest absolute Gasteiger partial charge is 0.349 e. The van der Waals surface area contributed by atoms with Crippen LogP contribution in [0.3, 0.4) is 0 Å². The van der Waals surface area contributed by atoms with Gasteiger partial charge in [-0.15, -0.1) is 6.58 Å². The van der Waals surface area contributed by atoms with Gasteiger partial charge >= 0.3 is 5.97 Å². The zero-order valence-corrected chi connectivity index (χ0v) is 7.69. The highest BCUT2D eigenvalue weighted by molar-refractivity contribution is 6.09. The number of aliphatic hydroxyl groups is 1. The zero-order valence-electron chi connectivity index (χ0n) is 7.69. The Morgan fingerprint density at radius 1 is 1.64 bits per heavy atom. The molecule has 0 saturated carbocycles. The summed E-state index contributed by atoms with van der Waals surface area (Å²) in [4.78, 5) is 22.8. The van der Waals surface area contributed by atoms with Gasteiger partial charge in [0.15, 0.2) is 0 Å². The maximum atomic E-state index is 11.5. The molecule has 2 fully saturated rings. The van der Waals surface area contributed by atoms with Crippen LogP contribution < -0.4 is 5.32 Å². The molecule has 76 valence electrons. The van der Waals surface area contributed by atoms with Crippen molar-refractivity contribution in [2.75, 3.05) is 0 Å². The summed E-state index contributed by atoms with van der Waals surface area (Å²) in [5.74, 6) is -2.23. The largest absolute Gasteiger partial charge is 0.457 e. The average Bonchev–Trinajstić information content (AvgIpc) is 2.35. The van der Waals surface area contributed by atoms with E-state index in [1.165, 1.54) is 6.08 Å².